The van der Waals surface area contributed by atoms with Crippen LogP contribution in [0, 0.1) is 5.41 Å². The molecule has 1 aromatic heterocycles. The Balaban J connectivity index is 1.59. The third kappa shape index (κ3) is 2.80. The van der Waals surface area contributed by atoms with E-state index >= 15 is 0 Å². The average molecular weight is 293 g/mol. The molecule has 5 heteroatoms. The number of fused-ring (bicyclic) bond motifs is 1. The molecule has 20 heavy (non-hydrogen) atoms. The topological polar surface area (TPSA) is 55.1 Å². The van der Waals surface area contributed by atoms with Crippen LogP contribution in [-0.4, -0.2) is 23.5 Å². The smallest absolute Gasteiger partial charge is 0.226 e. The summed E-state index contributed by atoms with van der Waals surface area (Å²) in [5, 5.41) is 7.88. The zero-order valence-corrected chi connectivity index (χ0v) is 11.9. The number of nitrogens with one attached hydrogen (secondary N) is 1. The highest BCUT2D eigenvalue weighted by Gasteiger charge is 2.41. The van der Waals surface area contributed by atoms with Crippen molar-refractivity contribution in [2.45, 2.75) is 25.7 Å². The number of carbonyl (C=O) groups excluding carboxylic acids is 1. The van der Waals surface area contributed by atoms with E-state index in [1.54, 1.807) is 0 Å². The van der Waals surface area contributed by atoms with E-state index in [2.05, 4.69) is 10.5 Å². The highest BCUT2D eigenvalue weighted by Crippen LogP contribution is 2.48. The van der Waals surface area contributed by atoms with Gasteiger partial charge in [0.2, 0.25) is 5.91 Å². The summed E-state index contributed by atoms with van der Waals surface area (Å²) in [5.74, 6) is 0.647. The predicted octanol–water partition coefficient (Wildman–Crippen LogP) is 2.90. The Morgan fingerprint density at radius 1 is 1.40 bits per heavy atom. The fourth-order valence-electron chi connectivity index (χ4n) is 2.46. The van der Waals surface area contributed by atoms with E-state index in [-0.39, 0.29) is 17.7 Å². The Labute approximate surface area is 122 Å². The van der Waals surface area contributed by atoms with Crippen molar-refractivity contribution < 1.29 is 9.32 Å². The molecule has 1 aliphatic rings. The number of para-hydroxylation sites is 1. The average Bonchev–Trinajstić information content (AvgIpc) is 3.11. The lowest BCUT2D eigenvalue weighted by Crippen LogP contribution is -2.31. The first-order valence-corrected chi connectivity index (χ1v) is 7.42. The highest BCUT2D eigenvalue weighted by atomic mass is 35.5. The van der Waals surface area contributed by atoms with Gasteiger partial charge in [-0.1, -0.05) is 17.3 Å². The summed E-state index contributed by atoms with van der Waals surface area (Å²) in [5.41, 5.74) is 1.67. The molecular weight excluding hydrogens is 276 g/mol. The van der Waals surface area contributed by atoms with Crippen LogP contribution in [0.2, 0.25) is 0 Å². The number of rotatable bonds is 6. The number of hydrogen-bond donors (Lipinski definition) is 1. The maximum absolute atomic E-state index is 12.0. The van der Waals surface area contributed by atoms with Gasteiger partial charge in [-0.2, -0.15) is 0 Å². The number of hydrogen-bond acceptors (Lipinski definition) is 3. The molecule has 0 unspecified atom stereocenters. The summed E-state index contributed by atoms with van der Waals surface area (Å²) in [4.78, 5) is 12.0. The Morgan fingerprint density at radius 2 is 2.20 bits per heavy atom. The van der Waals surface area contributed by atoms with Gasteiger partial charge in [-0.15, -0.1) is 11.6 Å². The summed E-state index contributed by atoms with van der Waals surface area (Å²) >= 11 is 5.79. The summed E-state index contributed by atoms with van der Waals surface area (Å²) < 4.78 is 5.20. The van der Waals surface area contributed by atoms with Crippen molar-refractivity contribution >= 4 is 28.5 Å². The summed E-state index contributed by atoms with van der Waals surface area (Å²) in [6, 6.07) is 7.58. The Bertz CT molecular complexity index is 619. The molecule has 0 spiro atoms. The highest BCUT2D eigenvalue weighted by molar-refractivity contribution is 6.17. The first kappa shape index (κ1) is 13.4. The van der Waals surface area contributed by atoms with Crippen LogP contribution in [0.5, 0.6) is 0 Å². The lowest BCUT2D eigenvalue weighted by atomic mass is 10.0. The third-order valence-electron chi connectivity index (χ3n) is 4.02. The number of halogens is 1. The minimum atomic E-state index is -0.00935. The molecule has 1 amide bonds. The fourth-order valence-corrected chi connectivity index (χ4v) is 2.86. The molecule has 1 heterocycles. The molecule has 0 saturated heterocycles. The van der Waals surface area contributed by atoms with E-state index in [1.807, 2.05) is 24.3 Å². The van der Waals surface area contributed by atoms with Crippen molar-refractivity contribution in [3.8, 4) is 0 Å². The van der Waals surface area contributed by atoms with Crippen LogP contribution in [0.25, 0.3) is 11.0 Å². The first-order valence-electron chi connectivity index (χ1n) is 6.88. The third-order valence-corrected chi connectivity index (χ3v) is 4.21. The lowest BCUT2D eigenvalue weighted by Gasteiger charge is -2.13. The second kappa shape index (κ2) is 5.44. The van der Waals surface area contributed by atoms with Gasteiger partial charge in [-0.05, 0) is 36.8 Å². The predicted molar refractivity (Wildman–Crippen MR) is 77.7 cm³/mol. The second-order valence-electron chi connectivity index (χ2n) is 5.52. The number of carbonyl (C=O) groups is 1. The number of alkyl halides is 1. The first-order chi connectivity index (χ1) is 9.72. The van der Waals surface area contributed by atoms with Crippen LogP contribution in [-0.2, 0) is 11.2 Å². The standard InChI is InChI=1S/C15H17ClN2O2/c16-8-7-15(5-6-15)10-17-14(19)9-12-11-3-1-2-4-13(11)20-18-12/h1-4H,5-10H2,(H,17,19). The van der Waals surface area contributed by atoms with Gasteiger partial charge >= 0.3 is 0 Å². The van der Waals surface area contributed by atoms with Crippen molar-refractivity contribution in [3.63, 3.8) is 0 Å². The maximum Gasteiger partial charge on any atom is 0.226 e. The minimum Gasteiger partial charge on any atom is -0.356 e. The normalized spacial score (nSPS) is 16.2. The molecule has 0 radical (unpaired) electrons. The van der Waals surface area contributed by atoms with E-state index in [4.69, 9.17) is 16.1 Å². The summed E-state index contributed by atoms with van der Waals surface area (Å²) in [6.07, 6.45) is 3.55. The van der Waals surface area contributed by atoms with Crippen molar-refractivity contribution in [1.82, 2.24) is 10.5 Å². The van der Waals surface area contributed by atoms with Crippen LogP contribution in [0.15, 0.2) is 28.8 Å². The monoisotopic (exact) mass is 292 g/mol. The van der Waals surface area contributed by atoms with E-state index in [0.29, 0.717) is 18.1 Å². The molecule has 1 N–H and O–H groups in total. The summed E-state index contributed by atoms with van der Waals surface area (Å²) in [6.45, 7) is 0.717. The molecule has 1 aromatic carbocycles. The van der Waals surface area contributed by atoms with E-state index in [9.17, 15) is 4.79 Å². The molecule has 4 nitrogen and oxygen atoms in total. The number of amides is 1. The van der Waals surface area contributed by atoms with Crippen LogP contribution >= 0.6 is 11.6 Å². The summed E-state index contributed by atoms with van der Waals surface area (Å²) in [7, 11) is 0. The molecule has 1 saturated carbocycles. The molecule has 0 atom stereocenters. The fraction of sp³-hybridized carbons (Fsp3) is 0.467. The number of nitrogens with zero attached hydrogens (tertiary/aromatic N) is 1. The van der Waals surface area contributed by atoms with Crippen molar-refractivity contribution in [3.05, 3.63) is 30.0 Å². The van der Waals surface area contributed by atoms with E-state index < -0.39 is 0 Å². The molecular formula is C15H17ClN2O2. The largest absolute Gasteiger partial charge is 0.356 e. The molecule has 0 bridgehead atoms. The minimum absolute atomic E-state index is 0.00935. The van der Waals surface area contributed by atoms with Gasteiger partial charge < -0.3 is 9.84 Å². The zero-order valence-electron chi connectivity index (χ0n) is 11.2. The maximum atomic E-state index is 12.0. The molecule has 106 valence electrons. The van der Waals surface area contributed by atoms with Crippen LogP contribution in [0.4, 0.5) is 0 Å². The lowest BCUT2D eigenvalue weighted by molar-refractivity contribution is -0.120. The van der Waals surface area contributed by atoms with Crippen LogP contribution in [0.1, 0.15) is 25.0 Å². The van der Waals surface area contributed by atoms with Gasteiger partial charge in [0.25, 0.3) is 0 Å². The van der Waals surface area contributed by atoms with Gasteiger partial charge in [-0.25, -0.2) is 0 Å². The quantitative estimate of drug-likeness (QED) is 0.833. The Morgan fingerprint density at radius 3 is 2.95 bits per heavy atom. The van der Waals surface area contributed by atoms with Crippen LogP contribution in [0.3, 0.4) is 0 Å². The molecule has 3 rings (SSSR count). The molecule has 0 aliphatic heterocycles. The van der Waals surface area contributed by atoms with Crippen molar-refractivity contribution in [1.29, 1.82) is 0 Å². The zero-order chi connectivity index (χ0) is 14.0. The number of benzene rings is 1. The molecule has 1 fully saturated rings. The Kier molecular flexibility index (Phi) is 3.66. The van der Waals surface area contributed by atoms with Gasteiger partial charge in [0.1, 0.15) is 5.69 Å². The Hall–Kier alpha value is -1.55. The molecule has 1 aliphatic carbocycles. The van der Waals surface area contributed by atoms with Gasteiger partial charge in [0.15, 0.2) is 5.58 Å². The van der Waals surface area contributed by atoms with Gasteiger partial charge in [-0.3, -0.25) is 4.79 Å². The van der Waals surface area contributed by atoms with Crippen molar-refractivity contribution in [2.24, 2.45) is 5.41 Å². The van der Waals surface area contributed by atoms with Crippen LogP contribution < -0.4 is 5.32 Å². The number of aromatic nitrogens is 1. The SMILES string of the molecule is O=C(Cc1noc2ccccc12)NCC1(CCCl)CC1. The van der Waals surface area contributed by atoms with Gasteiger partial charge in [0.05, 0.1) is 6.42 Å². The van der Waals surface area contributed by atoms with E-state index in [0.717, 1.165) is 30.2 Å². The van der Waals surface area contributed by atoms with Gasteiger partial charge in [0, 0.05) is 17.8 Å². The second-order valence-corrected chi connectivity index (χ2v) is 5.90. The van der Waals surface area contributed by atoms with Crippen molar-refractivity contribution in [2.75, 3.05) is 12.4 Å². The molecule has 2 aromatic rings. The van der Waals surface area contributed by atoms with E-state index in [1.165, 1.54) is 0 Å².